The molecule has 0 saturated carbocycles. The van der Waals surface area contributed by atoms with E-state index in [1.807, 2.05) is 6.20 Å². The number of nitrogens with one attached hydrogen (secondary N) is 3. The molecule has 2 aliphatic rings. The largest absolute Gasteiger partial charge is 0.361 e. The Morgan fingerprint density at radius 2 is 2.12 bits per heavy atom. The Morgan fingerprint density at radius 1 is 1.21 bits per heavy atom. The average molecular weight is 317 g/mol. The molecule has 0 fully saturated rings. The number of rotatable bonds is 1. The summed E-state index contributed by atoms with van der Waals surface area (Å²) in [6.07, 6.45) is 7.11. The van der Waals surface area contributed by atoms with Crippen LogP contribution < -0.4 is 5.32 Å². The van der Waals surface area contributed by atoms with Crippen LogP contribution in [0.15, 0.2) is 36.5 Å². The number of hydrogen-bond acceptors (Lipinski definition) is 1. The molecular formula is C20H19N3O. The predicted molar refractivity (Wildman–Crippen MR) is 95.7 cm³/mol. The molecule has 2 unspecified atom stereocenters. The first-order valence-electron chi connectivity index (χ1n) is 8.50. The maximum Gasteiger partial charge on any atom is 0.228 e. The Bertz CT molecular complexity index is 992. The van der Waals surface area contributed by atoms with Crippen LogP contribution in [0.1, 0.15) is 29.7 Å². The fraction of sp³-hybridized carbons (Fsp3) is 0.250. The molecule has 0 saturated heterocycles. The standard InChI is InChI=1S/C20H19N3O/c1-11-2-4-16-18-14(7-9-22-20(24)17(11)18)19(23-16)13-3-5-15-12(10-13)6-8-21-15/h2-6,8,10-11,17,21,23H,7,9H2,1H3,(H,22,24). The quantitative estimate of drug-likeness (QED) is 0.631. The van der Waals surface area contributed by atoms with Gasteiger partial charge in [0.2, 0.25) is 5.91 Å². The SMILES string of the molecule is CC1C=Cc2[nH]c(-c3ccc4[nH]ccc4c3)c3c2C1C(=O)NCC3. The van der Waals surface area contributed by atoms with Crippen molar-refractivity contribution in [2.24, 2.45) is 5.92 Å². The topological polar surface area (TPSA) is 60.7 Å². The van der Waals surface area contributed by atoms with Crippen molar-refractivity contribution in [1.82, 2.24) is 15.3 Å². The van der Waals surface area contributed by atoms with E-state index >= 15 is 0 Å². The van der Waals surface area contributed by atoms with E-state index in [9.17, 15) is 4.79 Å². The van der Waals surface area contributed by atoms with Gasteiger partial charge >= 0.3 is 0 Å². The van der Waals surface area contributed by atoms with Gasteiger partial charge in [-0.3, -0.25) is 4.79 Å². The molecule has 0 radical (unpaired) electrons. The number of hydrogen-bond donors (Lipinski definition) is 3. The maximum atomic E-state index is 12.5. The minimum Gasteiger partial charge on any atom is -0.361 e. The van der Waals surface area contributed by atoms with Crippen LogP contribution in [0, 0.1) is 5.92 Å². The lowest BCUT2D eigenvalue weighted by Gasteiger charge is -2.23. The van der Waals surface area contributed by atoms with Gasteiger partial charge in [0.25, 0.3) is 0 Å². The molecule has 4 nitrogen and oxygen atoms in total. The number of fused-ring (bicyclic) bond motifs is 1. The summed E-state index contributed by atoms with van der Waals surface area (Å²) >= 11 is 0. The molecule has 24 heavy (non-hydrogen) atoms. The van der Waals surface area contributed by atoms with Crippen molar-refractivity contribution in [2.75, 3.05) is 6.54 Å². The third kappa shape index (κ3) is 1.83. The van der Waals surface area contributed by atoms with Crippen molar-refractivity contribution in [3.63, 3.8) is 0 Å². The van der Waals surface area contributed by atoms with Gasteiger partial charge in [0.15, 0.2) is 0 Å². The van der Waals surface area contributed by atoms with Crippen LogP contribution in [0.2, 0.25) is 0 Å². The van der Waals surface area contributed by atoms with Crippen LogP contribution in [0.3, 0.4) is 0 Å². The Balaban J connectivity index is 1.74. The molecule has 2 atom stereocenters. The molecular weight excluding hydrogens is 298 g/mol. The van der Waals surface area contributed by atoms with Gasteiger partial charge in [0.1, 0.15) is 0 Å². The molecule has 0 bridgehead atoms. The van der Waals surface area contributed by atoms with Gasteiger partial charge in [-0.1, -0.05) is 19.1 Å². The van der Waals surface area contributed by atoms with Crippen molar-refractivity contribution in [3.8, 4) is 11.3 Å². The molecule has 1 aliphatic carbocycles. The van der Waals surface area contributed by atoms with Crippen molar-refractivity contribution in [2.45, 2.75) is 19.3 Å². The molecule has 2 aromatic heterocycles. The average Bonchev–Trinajstić information content (AvgIpc) is 3.14. The minimum atomic E-state index is -0.0801. The molecule has 4 heteroatoms. The summed E-state index contributed by atoms with van der Waals surface area (Å²) in [5, 5.41) is 4.29. The van der Waals surface area contributed by atoms with Crippen LogP contribution >= 0.6 is 0 Å². The van der Waals surface area contributed by atoms with Crippen molar-refractivity contribution in [1.29, 1.82) is 0 Å². The second kappa shape index (κ2) is 4.87. The van der Waals surface area contributed by atoms with Crippen LogP contribution in [0.5, 0.6) is 0 Å². The monoisotopic (exact) mass is 317 g/mol. The molecule has 1 aromatic carbocycles. The Labute approximate surface area is 140 Å². The summed E-state index contributed by atoms with van der Waals surface area (Å²) in [5.74, 6) is 0.298. The Morgan fingerprint density at radius 3 is 3.04 bits per heavy atom. The van der Waals surface area contributed by atoms with Gasteiger partial charge in [0, 0.05) is 35.0 Å². The lowest BCUT2D eigenvalue weighted by Crippen LogP contribution is -2.32. The highest BCUT2D eigenvalue weighted by Crippen LogP contribution is 2.42. The van der Waals surface area contributed by atoms with Crippen molar-refractivity contribution in [3.05, 3.63) is 53.4 Å². The molecule has 3 heterocycles. The number of aromatic amines is 2. The first kappa shape index (κ1) is 13.7. The summed E-state index contributed by atoms with van der Waals surface area (Å²) < 4.78 is 0. The third-order valence-electron chi connectivity index (χ3n) is 5.38. The smallest absolute Gasteiger partial charge is 0.228 e. The third-order valence-corrected chi connectivity index (χ3v) is 5.38. The zero-order valence-electron chi connectivity index (χ0n) is 13.5. The first-order chi connectivity index (χ1) is 11.7. The van der Waals surface area contributed by atoms with E-state index in [1.165, 1.54) is 22.1 Å². The number of aromatic nitrogens is 2. The van der Waals surface area contributed by atoms with Crippen LogP contribution in [-0.4, -0.2) is 22.4 Å². The Kier molecular flexibility index (Phi) is 2.77. The second-order valence-electron chi connectivity index (χ2n) is 6.82. The fourth-order valence-electron chi connectivity index (χ4n) is 4.19. The molecule has 3 N–H and O–H groups in total. The summed E-state index contributed by atoms with van der Waals surface area (Å²) in [6, 6.07) is 8.57. The molecule has 1 amide bonds. The lowest BCUT2D eigenvalue weighted by molar-refractivity contribution is -0.123. The summed E-state index contributed by atoms with van der Waals surface area (Å²) in [6.45, 7) is 2.82. The number of H-pyrrole nitrogens is 2. The van der Waals surface area contributed by atoms with Crippen molar-refractivity contribution >= 4 is 22.9 Å². The van der Waals surface area contributed by atoms with E-state index in [0.717, 1.165) is 23.3 Å². The number of allylic oxidation sites excluding steroid dienone is 1. The minimum absolute atomic E-state index is 0.0801. The highest BCUT2D eigenvalue weighted by Gasteiger charge is 2.36. The number of amides is 1. The highest BCUT2D eigenvalue weighted by atomic mass is 16.1. The number of carbonyl (C=O) groups is 1. The first-order valence-corrected chi connectivity index (χ1v) is 8.50. The number of benzene rings is 1. The highest BCUT2D eigenvalue weighted by molar-refractivity contribution is 5.91. The van der Waals surface area contributed by atoms with E-state index in [2.05, 4.69) is 58.6 Å². The van der Waals surface area contributed by atoms with E-state index in [-0.39, 0.29) is 17.7 Å². The van der Waals surface area contributed by atoms with E-state index in [0.29, 0.717) is 6.54 Å². The maximum absolute atomic E-state index is 12.5. The van der Waals surface area contributed by atoms with Gasteiger partial charge in [-0.05, 0) is 53.3 Å². The second-order valence-corrected chi connectivity index (χ2v) is 6.82. The molecule has 120 valence electrons. The predicted octanol–water partition coefficient (Wildman–Crippen LogP) is 3.58. The normalized spacial score (nSPS) is 22.3. The van der Waals surface area contributed by atoms with Crippen LogP contribution in [0.4, 0.5) is 0 Å². The van der Waals surface area contributed by atoms with Crippen LogP contribution in [-0.2, 0) is 11.2 Å². The Hall–Kier alpha value is -2.75. The van der Waals surface area contributed by atoms with Crippen LogP contribution in [0.25, 0.3) is 28.2 Å². The van der Waals surface area contributed by atoms with Gasteiger partial charge in [-0.25, -0.2) is 0 Å². The van der Waals surface area contributed by atoms with E-state index in [4.69, 9.17) is 0 Å². The number of carbonyl (C=O) groups excluding carboxylic acids is 1. The van der Waals surface area contributed by atoms with Gasteiger partial charge in [0.05, 0.1) is 5.92 Å². The van der Waals surface area contributed by atoms with E-state index in [1.54, 1.807) is 0 Å². The molecule has 3 aromatic rings. The van der Waals surface area contributed by atoms with Crippen molar-refractivity contribution < 1.29 is 4.79 Å². The summed E-state index contributed by atoms with van der Waals surface area (Å²) in [5.41, 5.74) is 7.06. The zero-order chi connectivity index (χ0) is 16.3. The lowest BCUT2D eigenvalue weighted by atomic mass is 9.80. The summed E-state index contributed by atoms with van der Waals surface area (Å²) in [4.78, 5) is 19.4. The molecule has 0 spiro atoms. The van der Waals surface area contributed by atoms with Gasteiger partial charge < -0.3 is 15.3 Å². The zero-order valence-corrected chi connectivity index (χ0v) is 13.5. The van der Waals surface area contributed by atoms with Gasteiger partial charge in [-0.2, -0.15) is 0 Å². The molecule has 5 rings (SSSR count). The molecule has 1 aliphatic heterocycles. The van der Waals surface area contributed by atoms with E-state index < -0.39 is 0 Å². The van der Waals surface area contributed by atoms with Gasteiger partial charge in [-0.15, -0.1) is 0 Å². The summed E-state index contributed by atoms with van der Waals surface area (Å²) in [7, 11) is 0. The fourth-order valence-corrected chi connectivity index (χ4v) is 4.19.